The first-order chi connectivity index (χ1) is 16.1. The van der Waals surface area contributed by atoms with Crippen LogP contribution in [0.15, 0.2) is 66.7 Å². The van der Waals surface area contributed by atoms with Gasteiger partial charge in [0, 0.05) is 33.9 Å². The van der Waals surface area contributed by atoms with E-state index in [1.807, 2.05) is 71.6 Å². The smallest absolute Gasteiger partial charge is 0.322 e. The summed E-state index contributed by atoms with van der Waals surface area (Å²) < 4.78 is 10.5. The molecule has 2 N–H and O–H groups in total. The molecule has 0 unspecified atom stereocenters. The fraction of sp³-hybridized carbons (Fsp3) is 0.192. The Morgan fingerprint density at radius 1 is 1.00 bits per heavy atom. The van der Waals surface area contributed by atoms with Gasteiger partial charge in [0.25, 0.3) is 0 Å². The predicted molar refractivity (Wildman–Crippen MR) is 131 cm³/mol. The Kier molecular flexibility index (Phi) is 5.60. The molecule has 6 nitrogen and oxygen atoms in total. The van der Waals surface area contributed by atoms with Crippen LogP contribution in [0.5, 0.6) is 11.5 Å². The van der Waals surface area contributed by atoms with Gasteiger partial charge in [-0.25, -0.2) is 4.79 Å². The molecule has 1 atom stereocenters. The van der Waals surface area contributed by atoms with E-state index in [0.29, 0.717) is 17.3 Å². The number of urea groups is 1. The van der Waals surface area contributed by atoms with Crippen LogP contribution in [0.3, 0.4) is 0 Å². The van der Waals surface area contributed by atoms with E-state index < -0.39 is 0 Å². The Bertz CT molecular complexity index is 1300. The zero-order chi connectivity index (χ0) is 22.9. The number of ether oxygens (including phenoxy) is 2. The topological polar surface area (TPSA) is 66.6 Å². The van der Waals surface area contributed by atoms with E-state index in [9.17, 15) is 4.79 Å². The van der Waals surface area contributed by atoms with Gasteiger partial charge in [0.05, 0.1) is 20.3 Å². The number of carbonyl (C=O) groups excluding carboxylic acids is 1. The summed E-state index contributed by atoms with van der Waals surface area (Å²) in [6.07, 6.45) is 0.734. The number of aromatic nitrogens is 1. The number of carbonyl (C=O) groups is 1. The summed E-state index contributed by atoms with van der Waals surface area (Å²) in [4.78, 5) is 18.9. The highest BCUT2D eigenvalue weighted by molar-refractivity contribution is 6.31. The fourth-order valence-electron chi connectivity index (χ4n) is 4.48. The highest BCUT2D eigenvalue weighted by Crippen LogP contribution is 2.39. The molecule has 7 heteroatoms. The molecule has 33 heavy (non-hydrogen) atoms. The first-order valence-electron chi connectivity index (χ1n) is 10.7. The van der Waals surface area contributed by atoms with Crippen molar-refractivity contribution in [2.45, 2.75) is 12.5 Å². The summed E-state index contributed by atoms with van der Waals surface area (Å²) in [5, 5.41) is 4.83. The SMILES string of the molecule is COc1ccc(NC(=O)N2CCc3c([nH]c4ccc(Cl)cc34)[C@H]2c2ccc(OC)cc2)cc1. The lowest BCUT2D eigenvalue weighted by atomic mass is 9.92. The van der Waals surface area contributed by atoms with Crippen LogP contribution in [0.25, 0.3) is 10.9 Å². The van der Waals surface area contributed by atoms with E-state index in [2.05, 4.69) is 10.3 Å². The predicted octanol–water partition coefficient (Wildman–Crippen LogP) is 6.02. The third-order valence-electron chi connectivity index (χ3n) is 6.12. The second kappa shape index (κ2) is 8.71. The summed E-state index contributed by atoms with van der Waals surface area (Å²) in [6, 6.07) is 20.6. The van der Waals surface area contributed by atoms with Crippen LogP contribution in [0.4, 0.5) is 10.5 Å². The van der Waals surface area contributed by atoms with E-state index in [1.165, 1.54) is 5.56 Å². The molecule has 0 fully saturated rings. The lowest BCUT2D eigenvalue weighted by Crippen LogP contribution is -2.43. The second-order valence-corrected chi connectivity index (χ2v) is 8.42. The molecular weight excluding hydrogens is 438 g/mol. The molecule has 0 saturated carbocycles. The third-order valence-corrected chi connectivity index (χ3v) is 6.36. The highest BCUT2D eigenvalue weighted by Gasteiger charge is 2.34. The van der Waals surface area contributed by atoms with Crippen LogP contribution < -0.4 is 14.8 Å². The number of nitrogens with one attached hydrogen (secondary N) is 2. The van der Waals surface area contributed by atoms with Gasteiger partial charge in [-0.2, -0.15) is 0 Å². The Labute approximate surface area is 197 Å². The largest absolute Gasteiger partial charge is 0.497 e. The number of hydrogen-bond donors (Lipinski definition) is 2. The lowest BCUT2D eigenvalue weighted by Gasteiger charge is -2.36. The van der Waals surface area contributed by atoms with Gasteiger partial charge in [-0.15, -0.1) is 0 Å². The first-order valence-corrected chi connectivity index (χ1v) is 11.1. The van der Waals surface area contributed by atoms with Crippen molar-refractivity contribution >= 4 is 34.2 Å². The lowest BCUT2D eigenvalue weighted by molar-refractivity contribution is 0.193. The van der Waals surface area contributed by atoms with Crippen LogP contribution in [0.1, 0.15) is 22.9 Å². The van der Waals surface area contributed by atoms with Crippen molar-refractivity contribution in [2.24, 2.45) is 0 Å². The summed E-state index contributed by atoms with van der Waals surface area (Å²) in [5.74, 6) is 1.51. The van der Waals surface area contributed by atoms with Crippen LogP contribution in [0.2, 0.25) is 5.02 Å². The molecule has 1 aliphatic heterocycles. The molecule has 0 spiro atoms. The van der Waals surface area contributed by atoms with E-state index >= 15 is 0 Å². The van der Waals surface area contributed by atoms with Gasteiger partial charge >= 0.3 is 6.03 Å². The standard InChI is InChI=1S/C26H24ClN3O3/c1-32-19-8-3-16(4-9-19)25-24-21(22-15-17(27)5-12-23(22)29-24)13-14-30(25)26(31)28-18-6-10-20(33-2)11-7-18/h3-12,15,25,29H,13-14H2,1-2H3,(H,28,31)/t25-/m1/s1. The van der Waals surface area contributed by atoms with Crippen LogP contribution >= 0.6 is 11.6 Å². The van der Waals surface area contributed by atoms with Gasteiger partial charge in [0.1, 0.15) is 11.5 Å². The second-order valence-electron chi connectivity index (χ2n) is 7.98. The minimum atomic E-state index is -0.274. The number of aromatic amines is 1. The number of nitrogens with zero attached hydrogens (tertiary/aromatic N) is 1. The van der Waals surface area contributed by atoms with Crippen molar-refractivity contribution in [1.82, 2.24) is 9.88 Å². The van der Waals surface area contributed by atoms with E-state index in [4.69, 9.17) is 21.1 Å². The van der Waals surface area contributed by atoms with Gasteiger partial charge in [-0.3, -0.25) is 0 Å². The Morgan fingerprint density at radius 2 is 1.67 bits per heavy atom. The van der Waals surface area contributed by atoms with Gasteiger partial charge in [-0.05, 0) is 72.1 Å². The number of halogens is 1. The Morgan fingerprint density at radius 3 is 2.33 bits per heavy atom. The highest BCUT2D eigenvalue weighted by atomic mass is 35.5. The molecule has 0 radical (unpaired) electrons. The van der Waals surface area contributed by atoms with Gasteiger partial charge in [0.15, 0.2) is 0 Å². The first kappa shape index (κ1) is 21.2. The van der Waals surface area contributed by atoms with Gasteiger partial charge < -0.3 is 24.7 Å². The monoisotopic (exact) mass is 461 g/mol. The Hall–Kier alpha value is -3.64. The summed E-state index contributed by atoms with van der Waals surface area (Å²) in [5.41, 5.74) is 4.93. The van der Waals surface area contributed by atoms with Crippen molar-refractivity contribution in [1.29, 1.82) is 0 Å². The number of methoxy groups -OCH3 is 2. The molecule has 0 aliphatic carbocycles. The van der Waals surface area contributed by atoms with Crippen molar-refractivity contribution in [2.75, 3.05) is 26.1 Å². The van der Waals surface area contributed by atoms with E-state index in [1.54, 1.807) is 14.2 Å². The molecule has 168 valence electrons. The number of anilines is 1. The number of rotatable bonds is 4. The van der Waals surface area contributed by atoms with Crippen LogP contribution in [-0.2, 0) is 6.42 Å². The minimum Gasteiger partial charge on any atom is -0.497 e. The van der Waals surface area contributed by atoms with Gasteiger partial charge in [0.2, 0.25) is 0 Å². The van der Waals surface area contributed by atoms with E-state index in [-0.39, 0.29) is 12.1 Å². The van der Waals surface area contributed by atoms with Crippen molar-refractivity contribution < 1.29 is 14.3 Å². The maximum absolute atomic E-state index is 13.4. The zero-order valence-electron chi connectivity index (χ0n) is 18.4. The molecule has 0 saturated heterocycles. The van der Waals surface area contributed by atoms with Crippen LogP contribution in [-0.4, -0.2) is 36.7 Å². The maximum Gasteiger partial charge on any atom is 0.322 e. The number of amides is 2. The average molecular weight is 462 g/mol. The summed E-state index contributed by atoms with van der Waals surface area (Å²) in [6.45, 7) is 0.575. The summed E-state index contributed by atoms with van der Waals surface area (Å²) in [7, 11) is 3.26. The van der Waals surface area contributed by atoms with E-state index in [0.717, 1.165) is 40.1 Å². The molecule has 0 bridgehead atoms. The molecule has 5 rings (SSSR count). The normalized spacial score (nSPS) is 15.2. The quantitative estimate of drug-likeness (QED) is 0.390. The summed E-state index contributed by atoms with van der Waals surface area (Å²) >= 11 is 6.28. The van der Waals surface area contributed by atoms with Crippen molar-refractivity contribution in [3.05, 3.63) is 88.6 Å². The molecule has 2 heterocycles. The number of fused-ring (bicyclic) bond motifs is 3. The molecule has 2 amide bonds. The van der Waals surface area contributed by atoms with Crippen LogP contribution in [0, 0.1) is 0 Å². The number of hydrogen-bond acceptors (Lipinski definition) is 3. The maximum atomic E-state index is 13.4. The molecular formula is C26H24ClN3O3. The fourth-order valence-corrected chi connectivity index (χ4v) is 4.65. The third kappa shape index (κ3) is 3.98. The number of H-pyrrole nitrogens is 1. The van der Waals surface area contributed by atoms with Gasteiger partial charge in [-0.1, -0.05) is 23.7 Å². The molecule has 1 aliphatic rings. The molecule has 1 aromatic heterocycles. The molecule has 3 aromatic carbocycles. The zero-order valence-corrected chi connectivity index (χ0v) is 19.1. The number of benzene rings is 3. The van der Waals surface area contributed by atoms with Crippen molar-refractivity contribution in [3.8, 4) is 11.5 Å². The Balaban J connectivity index is 1.54. The average Bonchev–Trinajstić information content (AvgIpc) is 3.21. The molecule has 4 aromatic rings. The minimum absolute atomic E-state index is 0.164. The van der Waals surface area contributed by atoms with Crippen molar-refractivity contribution in [3.63, 3.8) is 0 Å².